The highest BCUT2D eigenvalue weighted by molar-refractivity contribution is 7.46. The molecule has 14 heavy (non-hydrogen) atoms. The van der Waals surface area contributed by atoms with Crippen molar-refractivity contribution < 1.29 is 23.6 Å². The maximum absolute atomic E-state index is 10.8. The van der Waals surface area contributed by atoms with Gasteiger partial charge in [0.15, 0.2) is 5.41 Å². The van der Waals surface area contributed by atoms with Gasteiger partial charge in [0.1, 0.15) is 8.80 Å². The van der Waals surface area contributed by atoms with E-state index >= 15 is 0 Å². The molecule has 1 unspecified atom stereocenters. The lowest BCUT2D eigenvalue weighted by atomic mass is 10.2. The molecule has 0 aromatic rings. The molecule has 0 aromatic carbocycles. The van der Waals surface area contributed by atoms with Crippen molar-refractivity contribution in [2.24, 2.45) is 0 Å². The lowest BCUT2D eigenvalue weighted by Crippen LogP contribution is -2.49. The Kier molecular flexibility index (Phi) is 3.91. The zero-order valence-electron chi connectivity index (χ0n) is 8.47. The van der Waals surface area contributed by atoms with Crippen molar-refractivity contribution in [3.63, 3.8) is 0 Å². The molecule has 1 atom stereocenters. The molecular formula is C7H17O5PSi. The van der Waals surface area contributed by atoms with E-state index in [0.717, 1.165) is 12.8 Å². The molecule has 1 aliphatic rings. The summed E-state index contributed by atoms with van der Waals surface area (Å²) in [7, 11) is -5.87. The number of phosphoric acid groups is 1. The van der Waals surface area contributed by atoms with E-state index in [0.29, 0.717) is 13.0 Å². The summed E-state index contributed by atoms with van der Waals surface area (Å²) in [5, 5.41) is 0. The molecule has 0 aliphatic carbocycles. The first-order chi connectivity index (χ1) is 6.36. The van der Waals surface area contributed by atoms with Crippen LogP contribution in [0.25, 0.3) is 0 Å². The van der Waals surface area contributed by atoms with Gasteiger partial charge in [0.25, 0.3) is 0 Å². The van der Waals surface area contributed by atoms with Crippen LogP contribution in [0, 0.1) is 0 Å². The summed E-state index contributed by atoms with van der Waals surface area (Å²) < 4.78 is 21.1. The van der Waals surface area contributed by atoms with Crippen LogP contribution in [-0.4, -0.2) is 30.6 Å². The van der Waals surface area contributed by atoms with Crippen LogP contribution >= 0.6 is 7.82 Å². The summed E-state index contributed by atoms with van der Waals surface area (Å²) in [6.45, 7) is 4.48. The third-order valence-electron chi connectivity index (χ3n) is 2.42. The fourth-order valence-corrected chi connectivity index (χ4v) is 4.66. The van der Waals surface area contributed by atoms with Crippen molar-refractivity contribution in [3.05, 3.63) is 0 Å². The third kappa shape index (κ3) is 3.15. The Hall–Kier alpha value is 0.287. The van der Waals surface area contributed by atoms with Crippen molar-refractivity contribution in [2.75, 3.05) is 6.61 Å². The minimum atomic E-state index is -4.44. The van der Waals surface area contributed by atoms with Gasteiger partial charge in [0.05, 0.1) is 0 Å². The van der Waals surface area contributed by atoms with Gasteiger partial charge in [0, 0.05) is 6.61 Å². The van der Waals surface area contributed by atoms with Gasteiger partial charge >= 0.3 is 7.82 Å². The summed E-state index contributed by atoms with van der Waals surface area (Å²) in [5.41, 5.74) is -0.961. The first-order valence-corrected chi connectivity index (χ1v) is 9.18. The van der Waals surface area contributed by atoms with Crippen LogP contribution in [-0.2, 0) is 13.8 Å². The molecule has 1 aliphatic heterocycles. The second kappa shape index (κ2) is 4.43. The van der Waals surface area contributed by atoms with Crippen LogP contribution in [0.3, 0.4) is 0 Å². The zero-order valence-corrected chi connectivity index (χ0v) is 10.5. The molecule has 0 spiro atoms. The number of hydrogen-bond donors (Lipinski definition) is 2. The molecule has 5 nitrogen and oxygen atoms in total. The van der Waals surface area contributed by atoms with E-state index in [-0.39, 0.29) is 0 Å². The second-order valence-corrected chi connectivity index (χ2v) is 8.21. The lowest BCUT2D eigenvalue weighted by molar-refractivity contribution is -0.158. The fourth-order valence-electron chi connectivity index (χ4n) is 1.62. The Bertz CT molecular complexity index is 232. The second-order valence-electron chi connectivity index (χ2n) is 3.85. The largest absolute Gasteiger partial charge is 0.471 e. The van der Waals surface area contributed by atoms with E-state index in [2.05, 4.69) is 0 Å². The number of rotatable bonds is 3. The van der Waals surface area contributed by atoms with Gasteiger partial charge in [-0.05, 0) is 19.3 Å². The summed E-state index contributed by atoms with van der Waals surface area (Å²) in [4.78, 5) is 17.6. The molecule has 1 saturated heterocycles. The summed E-state index contributed by atoms with van der Waals surface area (Å²) in [6.07, 6.45) is 2.45. The SMILES string of the molecule is C[SiH](C)C1(OP(=O)(O)O)CCCCO1. The molecule has 1 fully saturated rings. The van der Waals surface area contributed by atoms with Crippen LogP contribution in [0.1, 0.15) is 19.3 Å². The molecule has 84 valence electrons. The Balaban J connectivity index is 2.76. The summed E-state index contributed by atoms with van der Waals surface area (Å²) in [6, 6.07) is 0. The Morgan fingerprint density at radius 1 is 1.43 bits per heavy atom. The van der Waals surface area contributed by atoms with Crippen molar-refractivity contribution >= 4 is 16.6 Å². The van der Waals surface area contributed by atoms with E-state index in [4.69, 9.17) is 19.0 Å². The van der Waals surface area contributed by atoms with Crippen LogP contribution in [0.4, 0.5) is 0 Å². The molecule has 7 heteroatoms. The van der Waals surface area contributed by atoms with Crippen molar-refractivity contribution in [2.45, 2.75) is 37.8 Å². The zero-order chi connectivity index (χ0) is 10.8. The van der Waals surface area contributed by atoms with E-state index < -0.39 is 22.0 Å². The first kappa shape index (κ1) is 12.4. The molecular weight excluding hydrogens is 223 g/mol. The molecule has 1 rings (SSSR count). The Labute approximate surface area is 85.3 Å². The normalized spacial score (nSPS) is 29.5. The minimum Gasteiger partial charge on any atom is -0.354 e. The van der Waals surface area contributed by atoms with Gasteiger partial charge in [-0.15, -0.1) is 0 Å². The number of phosphoric ester groups is 1. The average Bonchev–Trinajstić information content (AvgIpc) is 2.02. The standard InChI is InChI=1S/C7H17O5PSi/c1-14(2)7(12-13(8,9)10)5-3-4-6-11-7/h14H,3-6H2,1-2H3,(H2,8,9,10). The highest BCUT2D eigenvalue weighted by Crippen LogP contribution is 2.45. The number of ether oxygens (including phenoxy) is 1. The first-order valence-electron chi connectivity index (χ1n) is 4.76. The van der Waals surface area contributed by atoms with Gasteiger partial charge in [-0.25, -0.2) is 4.57 Å². The van der Waals surface area contributed by atoms with E-state index in [9.17, 15) is 4.57 Å². The van der Waals surface area contributed by atoms with E-state index in [1.807, 2.05) is 13.1 Å². The molecule has 0 amide bonds. The predicted octanol–water partition coefficient (Wildman–Crippen LogP) is 1.02. The molecule has 2 N–H and O–H groups in total. The topological polar surface area (TPSA) is 76.0 Å². The summed E-state index contributed by atoms with van der Waals surface area (Å²) >= 11 is 0. The highest BCUT2D eigenvalue weighted by atomic mass is 31.2. The molecule has 0 aromatic heterocycles. The predicted molar refractivity (Wildman–Crippen MR) is 54.5 cm³/mol. The van der Waals surface area contributed by atoms with Gasteiger partial charge in [-0.1, -0.05) is 13.1 Å². The molecule has 0 bridgehead atoms. The third-order valence-corrected chi connectivity index (χ3v) is 5.50. The van der Waals surface area contributed by atoms with Crippen LogP contribution in [0.15, 0.2) is 0 Å². The smallest absolute Gasteiger partial charge is 0.354 e. The molecule has 0 saturated carbocycles. The van der Waals surface area contributed by atoms with Crippen molar-refractivity contribution in [1.82, 2.24) is 0 Å². The van der Waals surface area contributed by atoms with E-state index in [1.54, 1.807) is 0 Å². The van der Waals surface area contributed by atoms with Gasteiger partial charge in [0.2, 0.25) is 0 Å². The number of hydrogen-bond acceptors (Lipinski definition) is 3. The van der Waals surface area contributed by atoms with Crippen LogP contribution < -0.4 is 0 Å². The maximum Gasteiger partial charge on any atom is 0.471 e. The highest BCUT2D eigenvalue weighted by Gasteiger charge is 2.43. The van der Waals surface area contributed by atoms with Gasteiger partial charge < -0.3 is 14.5 Å². The van der Waals surface area contributed by atoms with Gasteiger partial charge in [-0.3, -0.25) is 4.52 Å². The minimum absolute atomic E-state index is 0.533. The fraction of sp³-hybridized carbons (Fsp3) is 1.00. The van der Waals surface area contributed by atoms with E-state index in [1.165, 1.54) is 0 Å². The summed E-state index contributed by atoms with van der Waals surface area (Å²) in [5.74, 6) is 0. The molecule has 0 radical (unpaired) electrons. The Morgan fingerprint density at radius 3 is 2.43 bits per heavy atom. The maximum atomic E-state index is 10.8. The molecule has 1 heterocycles. The van der Waals surface area contributed by atoms with Crippen LogP contribution in [0.2, 0.25) is 13.1 Å². The van der Waals surface area contributed by atoms with Crippen molar-refractivity contribution in [1.29, 1.82) is 0 Å². The van der Waals surface area contributed by atoms with Crippen LogP contribution in [0.5, 0.6) is 0 Å². The quantitative estimate of drug-likeness (QED) is 0.569. The average molecular weight is 240 g/mol. The Morgan fingerprint density at radius 2 is 2.07 bits per heavy atom. The van der Waals surface area contributed by atoms with Crippen molar-refractivity contribution in [3.8, 4) is 0 Å². The van der Waals surface area contributed by atoms with Gasteiger partial charge in [-0.2, -0.15) is 0 Å². The lowest BCUT2D eigenvalue weighted by Gasteiger charge is -2.39. The monoisotopic (exact) mass is 240 g/mol.